The second-order valence-corrected chi connectivity index (χ2v) is 6.56. The van der Waals surface area contributed by atoms with Crippen LogP contribution < -0.4 is 0 Å². The zero-order chi connectivity index (χ0) is 14.5. The Morgan fingerprint density at radius 1 is 1.14 bits per heavy atom. The molecule has 1 fully saturated rings. The predicted octanol–water partition coefficient (Wildman–Crippen LogP) is 5.35. The van der Waals surface area contributed by atoms with Crippen LogP contribution in [0.4, 0.5) is 0 Å². The van der Waals surface area contributed by atoms with Crippen LogP contribution in [0.1, 0.15) is 64.1 Å². The van der Waals surface area contributed by atoms with E-state index in [9.17, 15) is 0 Å². The number of fused-ring (bicyclic) bond motifs is 1. The Labute approximate surface area is 128 Å². The number of nitrogens with zero attached hydrogens (tertiary/aromatic N) is 2. The summed E-state index contributed by atoms with van der Waals surface area (Å²) in [5, 5.41) is 0. The van der Waals surface area contributed by atoms with Gasteiger partial charge in [-0.3, -0.25) is 0 Å². The Hall–Kier alpha value is -1.31. The maximum Gasteiger partial charge on any atom is 0.109 e. The molecule has 2 aromatic rings. The number of rotatable bonds is 6. The van der Waals surface area contributed by atoms with E-state index in [2.05, 4.69) is 35.8 Å². The van der Waals surface area contributed by atoms with Gasteiger partial charge in [-0.05, 0) is 30.9 Å². The molecule has 0 bridgehead atoms. The smallest absolute Gasteiger partial charge is 0.109 e. The Bertz CT molecular complexity index is 564. The molecule has 21 heavy (non-hydrogen) atoms. The third-order valence-corrected chi connectivity index (χ3v) is 4.97. The minimum absolute atomic E-state index is 0.943. The second kappa shape index (κ2) is 7.11. The molecular weight excluding hydrogens is 256 g/mol. The highest BCUT2D eigenvalue weighted by molar-refractivity contribution is 5.75. The molecule has 1 aromatic heterocycles. The quantitative estimate of drug-likeness (QED) is 0.699. The molecule has 1 aliphatic carbocycles. The molecule has 1 heterocycles. The van der Waals surface area contributed by atoms with Crippen LogP contribution in [-0.2, 0) is 13.0 Å². The summed E-state index contributed by atoms with van der Waals surface area (Å²) >= 11 is 0. The van der Waals surface area contributed by atoms with E-state index in [0.29, 0.717) is 0 Å². The highest BCUT2D eigenvalue weighted by atomic mass is 15.1. The first-order chi connectivity index (χ1) is 10.4. The lowest BCUT2D eigenvalue weighted by Gasteiger charge is -2.22. The summed E-state index contributed by atoms with van der Waals surface area (Å²) in [6.45, 7) is 3.42. The van der Waals surface area contributed by atoms with E-state index in [1.165, 1.54) is 68.2 Å². The van der Waals surface area contributed by atoms with Crippen molar-refractivity contribution in [1.29, 1.82) is 0 Å². The van der Waals surface area contributed by atoms with Crippen LogP contribution in [0.3, 0.4) is 0 Å². The lowest BCUT2D eigenvalue weighted by molar-refractivity contribution is 0.324. The lowest BCUT2D eigenvalue weighted by atomic mass is 9.87. The predicted molar refractivity (Wildman–Crippen MR) is 89.5 cm³/mol. The number of aryl methyl sites for hydroxylation is 2. The first-order valence-corrected chi connectivity index (χ1v) is 8.82. The first-order valence-electron chi connectivity index (χ1n) is 8.82. The number of aromatic nitrogens is 2. The number of para-hydroxylation sites is 2. The van der Waals surface area contributed by atoms with Crippen molar-refractivity contribution in [1.82, 2.24) is 9.55 Å². The van der Waals surface area contributed by atoms with E-state index in [1.54, 1.807) is 0 Å². The molecule has 0 unspecified atom stereocenters. The SMILES string of the molecule is CCCCc1nc2ccccc2n1CCC1CCCCC1. The van der Waals surface area contributed by atoms with Gasteiger partial charge in [0.1, 0.15) is 5.82 Å². The molecule has 1 aliphatic rings. The number of imidazole rings is 1. The second-order valence-electron chi connectivity index (χ2n) is 6.56. The van der Waals surface area contributed by atoms with E-state index in [0.717, 1.165) is 18.9 Å². The van der Waals surface area contributed by atoms with Crippen LogP contribution in [0.15, 0.2) is 24.3 Å². The van der Waals surface area contributed by atoms with Crippen molar-refractivity contribution in [3.05, 3.63) is 30.1 Å². The minimum atomic E-state index is 0.943. The Kier molecular flexibility index (Phi) is 4.95. The van der Waals surface area contributed by atoms with Crippen molar-refractivity contribution in [3.63, 3.8) is 0 Å². The fraction of sp³-hybridized carbons (Fsp3) is 0.632. The summed E-state index contributed by atoms with van der Waals surface area (Å²) < 4.78 is 2.50. The largest absolute Gasteiger partial charge is 0.328 e. The van der Waals surface area contributed by atoms with Gasteiger partial charge in [0.25, 0.3) is 0 Å². The Morgan fingerprint density at radius 3 is 2.76 bits per heavy atom. The fourth-order valence-electron chi connectivity index (χ4n) is 3.69. The molecule has 0 radical (unpaired) electrons. The van der Waals surface area contributed by atoms with Gasteiger partial charge in [-0.15, -0.1) is 0 Å². The molecule has 0 atom stereocenters. The van der Waals surface area contributed by atoms with Crippen LogP contribution in [0.2, 0.25) is 0 Å². The van der Waals surface area contributed by atoms with Gasteiger partial charge in [-0.25, -0.2) is 4.98 Å². The third-order valence-electron chi connectivity index (χ3n) is 4.97. The molecule has 1 saturated carbocycles. The molecular formula is C19H28N2. The summed E-state index contributed by atoms with van der Waals surface area (Å²) in [5.74, 6) is 2.24. The van der Waals surface area contributed by atoms with Crippen molar-refractivity contribution in [2.24, 2.45) is 5.92 Å². The summed E-state index contributed by atoms with van der Waals surface area (Å²) in [4.78, 5) is 4.88. The Morgan fingerprint density at radius 2 is 1.95 bits per heavy atom. The standard InChI is InChI=1S/C19H28N2/c1-2-3-13-19-20-17-11-7-8-12-18(17)21(19)15-14-16-9-5-4-6-10-16/h7-8,11-12,16H,2-6,9-10,13-15H2,1H3. The maximum absolute atomic E-state index is 4.88. The van der Waals surface area contributed by atoms with E-state index in [1.807, 2.05) is 0 Å². The zero-order valence-electron chi connectivity index (χ0n) is 13.4. The van der Waals surface area contributed by atoms with Crippen LogP contribution in [0, 0.1) is 5.92 Å². The normalized spacial score (nSPS) is 16.6. The molecule has 2 heteroatoms. The van der Waals surface area contributed by atoms with Crippen molar-refractivity contribution in [3.8, 4) is 0 Å². The highest BCUT2D eigenvalue weighted by Crippen LogP contribution is 2.28. The summed E-state index contributed by atoms with van der Waals surface area (Å²) in [7, 11) is 0. The molecule has 114 valence electrons. The van der Waals surface area contributed by atoms with Crippen molar-refractivity contribution >= 4 is 11.0 Å². The van der Waals surface area contributed by atoms with Gasteiger partial charge in [0.15, 0.2) is 0 Å². The van der Waals surface area contributed by atoms with Crippen LogP contribution in [0.25, 0.3) is 11.0 Å². The van der Waals surface area contributed by atoms with Gasteiger partial charge < -0.3 is 4.57 Å². The summed E-state index contributed by atoms with van der Waals surface area (Å²) in [5.41, 5.74) is 2.51. The van der Waals surface area contributed by atoms with Crippen LogP contribution in [-0.4, -0.2) is 9.55 Å². The monoisotopic (exact) mass is 284 g/mol. The average Bonchev–Trinajstić information content (AvgIpc) is 2.89. The number of hydrogen-bond donors (Lipinski definition) is 0. The van der Waals surface area contributed by atoms with Crippen LogP contribution >= 0.6 is 0 Å². The van der Waals surface area contributed by atoms with Gasteiger partial charge in [-0.2, -0.15) is 0 Å². The molecule has 2 nitrogen and oxygen atoms in total. The van der Waals surface area contributed by atoms with Gasteiger partial charge in [0, 0.05) is 13.0 Å². The van der Waals surface area contributed by atoms with Gasteiger partial charge in [0.05, 0.1) is 11.0 Å². The van der Waals surface area contributed by atoms with Crippen molar-refractivity contribution in [2.45, 2.75) is 71.3 Å². The fourth-order valence-corrected chi connectivity index (χ4v) is 3.69. The van der Waals surface area contributed by atoms with Crippen LogP contribution in [0.5, 0.6) is 0 Å². The molecule has 0 saturated heterocycles. The average molecular weight is 284 g/mol. The van der Waals surface area contributed by atoms with Crippen molar-refractivity contribution < 1.29 is 0 Å². The molecule has 0 aliphatic heterocycles. The lowest BCUT2D eigenvalue weighted by Crippen LogP contribution is -2.12. The molecule has 0 spiro atoms. The number of unbranched alkanes of at least 4 members (excludes halogenated alkanes) is 1. The first kappa shape index (κ1) is 14.6. The van der Waals surface area contributed by atoms with Crippen molar-refractivity contribution in [2.75, 3.05) is 0 Å². The van der Waals surface area contributed by atoms with E-state index in [4.69, 9.17) is 4.98 Å². The third kappa shape index (κ3) is 3.48. The maximum atomic E-state index is 4.88. The Balaban J connectivity index is 1.77. The molecule has 0 N–H and O–H groups in total. The number of hydrogen-bond acceptors (Lipinski definition) is 1. The molecule has 0 amide bonds. The van der Waals surface area contributed by atoms with E-state index >= 15 is 0 Å². The minimum Gasteiger partial charge on any atom is -0.328 e. The van der Waals surface area contributed by atoms with Gasteiger partial charge in [0.2, 0.25) is 0 Å². The van der Waals surface area contributed by atoms with E-state index < -0.39 is 0 Å². The molecule has 3 rings (SSSR count). The topological polar surface area (TPSA) is 17.8 Å². The molecule has 1 aromatic carbocycles. The van der Waals surface area contributed by atoms with E-state index in [-0.39, 0.29) is 0 Å². The summed E-state index contributed by atoms with van der Waals surface area (Å²) in [6, 6.07) is 8.63. The van der Waals surface area contributed by atoms with Gasteiger partial charge in [-0.1, -0.05) is 57.6 Å². The van der Waals surface area contributed by atoms with Gasteiger partial charge >= 0.3 is 0 Å². The highest BCUT2D eigenvalue weighted by Gasteiger charge is 2.15. The summed E-state index contributed by atoms with van der Waals surface area (Å²) in [6.07, 6.45) is 12.2. The zero-order valence-corrected chi connectivity index (χ0v) is 13.4. The number of benzene rings is 1.